The summed E-state index contributed by atoms with van der Waals surface area (Å²) in [4.78, 5) is 4.01. The summed E-state index contributed by atoms with van der Waals surface area (Å²) < 4.78 is 26.6. The molecule has 108 valence electrons. The van der Waals surface area contributed by atoms with Crippen molar-refractivity contribution >= 4 is 23.8 Å². The fraction of sp³-hybridized carbons (Fsp3) is 0.188. The molecule has 0 saturated carbocycles. The van der Waals surface area contributed by atoms with Crippen molar-refractivity contribution in [3.63, 3.8) is 0 Å². The molecule has 5 heteroatoms. The van der Waals surface area contributed by atoms with Crippen LogP contribution >= 0.6 is 7.14 Å². The molecule has 1 unspecified atom stereocenters. The van der Waals surface area contributed by atoms with Gasteiger partial charge in [-0.3, -0.25) is 4.98 Å². The number of nitrogens with zero attached hydrogens (tertiary/aromatic N) is 1. The number of pyridine rings is 1. The van der Waals surface area contributed by atoms with Crippen LogP contribution < -0.4 is 10.6 Å². The maximum atomic E-state index is 14.0. The highest BCUT2D eigenvalue weighted by Gasteiger charge is 2.20. The second-order valence-corrected chi connectivity index (χ2v) is 8.09. The molecule has 0 bridgehead atoms. The third kappa shape index (κ3) is 3.32. The van der Waals surface area contributed by atoms with E-state index in [0.29, 0.717) is 22.7 Å². The lowest BCUT2D eigenvalue weighted by Gasteiger charge is -2.17. The van der Waals surface area contributed by atoms with Crippen LogP contribution in [0.15, 0.2) is 36.7 Å². The molecular formula is C16H16FN2OP. The summed E-state index contributed by atoms with van der Waals surface area (Å²) in [5.41, 5.74) is 1.30. The molecule has 2 rings (SSSR count). The molecule has 3 nitrogen and oxygen atoms in total. The molecule has 1 heterocycles. The highest BCUT2D eigenvalue weighted by molar-refractivity contribution is 7.71. The molecule has 0 aliphatic carbocycles. The van der Waals surface area contributed by atoms with E-state index >= 15 is 0 Å². The first kappa shape index (κ1) is 15.3. The number of aromatic nitrogens is 1. The van der Waals surface area contributed by atoms with Gasteiger partial charge in [0.05, 0.1) is 17.6 Å². The van der Waals surface area contributed by atoms with E-state index in [1.807, 2.05) is 6.92 Å². The van der Waals surface area contributed by atoms with Crippen molar-refractivity contribution in [1.82, 2.24) is 4.98 Å². The molecule has 0 aliphatic rings. The molecule has 1 aromatic heterocycles. The van der Waals surface area contributed by atoms with Gasteiger partial charge < -0.3 is 9.88 Å². The van der Waals surface area contributed by atoms with E-state index in [4.69, 9.17) is 6.42 Å². The quantitative estimate of drug-likeness (QED) is 0.693. The van der Waals surface area contributed by atoms with Crippen LogP contribution in [0, 0.1) is 18.2 Å². The number of benzene rings is 1. The molecule has 21 heavy (non-hydrogen) atoms. The Balaban J connectivity index is 2.42. The summed E-state index contributed by atoms with van der Waals surface area (Å²) in [6.07, 6.45) is 8.91. The minimum Gasteiger partial charge on any atom is -0.351 e. The molecule has 0 saturated heterocycles. The summed E-state index contributed by atoms with van der Waals surface area (Å²) >= 11 is 0. The van der Waals surface area contributed by atoms with Gasteiger partial charge in [0.1, 0.15) is 13.0 Å². The SMILES string of the molecule is C#Cc1ccc(Nc2cnccc2P(C)(=O)CC)c(F)c1. The van der Waals surface area contributed by atoms with E-state index in [9.17, 15) is 8.96 Å². The van der Waals surface area contributed by atoms with Crippen molar-refractivity contribution in [2.75, 3.05) is 18.1 Å². The highest BCUT2D eigenvalue weighted by atomic mass is 31.2. The van der Waals surface area contributed by atoms with Crippen LogP contribution in [0.4, 0.5) is 15.8 Å². The van der Waals surface area contributed by atoms with Gasteiger partial charge >= 0.3 is 0 Å². The fourth-order valence-corrected chi connectivity index (χ4v) is 3.26. The van der Waals surface area contributed by atoms with E-state index < -0.39 is 13.0 Å². The van der Waals surface area contributed by atoms with E-state index in [-0.39, 0.29) is 5.69 Å². The van der Waals surface area contributed by atoms with Gasteiger partial charge in [0.15, 0.2) is 0 Å². The Labute approximate surface area is 124 Å². The number of rotatable bonds is 4. The zero-order chi connectivity index (χ0) is 15.5. The molecule has 0 aliphatic heterocycles. The van der Waals surface area contributed by atoms with Gasteiger partial charge in [-0.05, 0) is 30.9 Å². The van der Waals surface area contributed by atoms with Crippen LogP contribution in [0.3, 0.4) is 0 Å². The molecule has 1 N–H and O–H groups in total. The average molecular weight is 302 g/mol. The van der Waals surface area contributed by atoms with E-state index in [2.05, 4.69) is 16.2 Å². The van der Waals surface area contributed by atoms with Crippen LogP contribution in [0.25, 0.3) is 0 Å². The Kier molecular flexibility index (Phi) is 4.45. The molecular weight excluding hydrogens is 286 g/mol. The van der Waals surface area contributed by atoms with Crippen molar-refractivity contribution in [3.8, 4) is 12.3 Å². The topological polar surface area (TPSA) is 42.0 Å². The predicted molar refractivity (Wildman–Crippen MR) is 85.6 cm³/mol. The van der Waals surface area contributed by atoms with Crippen LogP contribution in [-0.2, 0) is 4.57 Å². The second kappa shape index (κ2) is 6.11. The smallest absolute Gasteiger partial charge is 0.147 e. The van der Waals surface area contributed by atoms with Crippen LogP contribution in [-0.4, -0.2) is 17.8 Å². The zero-order valence-corrected chi connectivity index (χ0v) is 12.8. The monoisotopic (exact) mass is 302 g/mol. The van der Waals surface area contributed by atoms with Crippen LogP contribution in [0.5, 0.6) is 0 Å². The first-order valence-electron chi connectivity index (χ1n) is 6.52. The van der Waals surface area contributed by atoms with Crippen LogP contribution in [0.2, 0.25) is 0 Å². The standard InChI is InChI=1S/C16H16FN2OP/c1-4-12-6-7-14(13(17)10-12)19-15-11-18-9-8-16(15)21(3,20)5-2/h1,6-11,19H,5H2,2-3H3. The van der Waals surface area contributed by atoms with E-state index in [1.54, 1.807) is 37.3 Å². The molecule has 2 aromatic rings. The normalized spacial score (nSPS) is 13.2. The van der Waals surface area contributed by atoms with E-state index in [1.165, 1.54) is 6.07 Å². The predicted octanol–water partition coefficient (Wildman–Crippen LogP) is 3.58. The first-order chi connectivity index (χ1) is 9.97. The van der Waals surface area contributed by atoms with E-state index in [0.717, 1.165) is 0 Å². The molecule has 1 aromatic carbocycles. The minimum absolute atomic E-state index is 0.277. The number of terminal acetylenes is 1. The molecule has 0 radical (unpaired) electrons. The van der Waals surface area contributed by atoms with Gasteiger partial charge in [0.2, 0.25) is 0 Å². The van der Waals surface area contributed by atoms with Crippen molar-refractivity contribution in [3.05, 3.63) is 48.0 Å². The Hall–Kier alpha value is -2.11. The van der Waals surface area contributed by atoms with Crippen molar-refractivity contribution < 1.29 is 8.96 Å². The van der Waals surface area contributed by atoms with Crippen molar-refractivity contribution in [2.45, 2.75) is 6.92 Å². The zero-order valence-electron chi connectivity index (χ0n) is 11.9. The van der Waals surface area contributed by atoms with Crippen molar-refractivity contribution in [1.29, 1.82) is 0 Å². The second-order valence-electron chi connectivity index (χ2n) is 4.77. The lowest BCUT2D eigenvalue weighted by molar-refractivity contribution is 0.585. The highest BCUT2D eigenvalue weighted by Crippen LogP contribution is 2.41. The van der Waals surface area contributed by atoms with Gasteiger partial charge in [0, 0.05) is 23.2 Å². The lowest BCUT2D eigenvalue weighted by atomic mass is 10.2. The molecule has 0 amide bonds. The number of hydrogen-bond acceptors (Lipinski definition) is 3. The van der Waals surface area contributed by atoms with Gasteiger partial charge in [-0.15, -0.1) is 6.42 Å². The Morgan fingerprint density at radius 2 is 2.14 bits per heavy atom. The maximum absolute atomic E-state index is 14.0. The van der Waals surface area contributed by atoms with Gasteiger partial charge in [-0.2, -0.15) is 0 Å². The first-order valence-corrected chi connectivity index (χ1v) is 8.86. The average Bonchev–Trinajstić information content (AvgIpc) is 2.49. The Morgan fingerprint density at radius 1 is 1.38 bits per heavy atom. The summed E-state index contributed by atoms with van der Waals surface area (Å²) in [5, 5.41) is 3.62. The third-order valence-electron chi connectivity index (χ3n) is 3.32. The number of halogens is 1. The Morgan fingerprint density at radius 3 is 2.76 bits per heavy atom. The number of hydrogen-bond donors (Lipinski definition) is 1. The summed E-state index contributed by atoms with van der Waals surface area (Å²) in [6, 6.07) is 6.20. The van der Waals surface area contributed by atoms with Crippen molar-refractivity contribution in [2.24, 2.45) is 0 Å². The summed E-state index contributed by atoms with van der Waals surface area (Å²) in [5.74, 6) is 1.92. The van der Waals surface area contributed by atoms with Crippen LogP contribution in [0.1, 0.15) is 12.5 Å². The minimum atomic E-state index is -2.49. The summed E-state index contributed by atoms with van der Waals surface area (Å²) in [7, 11) is -2.49. The number of anilines is 2. The number of nitrogens with one attached hydrogen (secondary N) is 1. The largest absolute Gasteiger partial charge is 0.351 e. The fourth-order valence-electron chi connectivity index (χ4n) is 1.92. The molecule has 0 fully saturated rings. The van der Waals surface area contributed by atoms with Gasteiger partial charge in [-0.25, -0.2) is 4.39 Å². The molecule has 0 spiro atoms. The van der Waals surface area contributed by atoms with Gasteiger partial charge in [-0.1, -0.05) is 12.8 Å². The summed E-state index contributed by atoms with van der Waals surface area (Å²) in [6.45, 7) is 3.58. The maximum Gasteiger partial charge on any atom is 0.147 e. The molecule has 1 atom stereocenters. The van der Waals surface area contributed by atoms with Gasteiger partial charge in [0.25, 0.3) is 0 Å². The third-order valence-corrected chi connectivity index (χ3v) is 5.93. The Bertz CT molecular complexity index is 752. The lowest BCUT2D eigenvalue weighted by Crippen LogP contribution is -2.12.